The van der Waals surface area contributed by atoms with Crippen LogP contribution in [0.2, 0.25) is 5.15 Å². The van der Waals surface area contributed by atoms with Crippen LogP contribution in [-0.2, 0) is 11.2 Å². The van der Waals surface area contributed by atoms with Gasteiger partial charge in [0.05, 0.1) is 12.1 Å². The van der Waals surface area contributed by atoms with E-state index in [-0.39, 0.29) is 5.91 Å². The third-order valence-corrected chi connectivity index (χ3v) is 6.19. The Bertz CT molecular complexity index is 931. The highest BCUT2D eigenvalue weighted by Gasteiger charge is 2.28. The molecule has 1 aliphatic rings. The van der Waals surface area contributed by atoms with Crippen LogP contribution >= 0.6 is 22.9 Å². The zero-order valence-electron chi connectivity index (χ0n) is 15.2. The summed E-state index contributed by atoms with van der Waals surface area (Å²) >= 11 is 7.31. The highest BCUT2D eigenvalue weighted by Crippen LogP contribution is 2.41. The molecule has 1 aliphatic carbocycles. The Balaban J connectivity index is 1.38. The van der Waals surface area contributed by atoms with Gasteiger partial charge in [-0.3, -0.25) is 4.79 Å². The van der Waals surface area contributed by atoms with Gasteiger partial charge < -0.3 is 5.32 Å². The third-order valence-electron chi connectivity index (χ3n) is 4.99. The summed E-state index contributed by atoms with van der Waals surface area (Å²) in [5.41, 5.74) is 1.96. The van der Waals surface area contributed by atoms with E-state index in [0.29, 0.717) is 28.5 Å². The fraction of sp³-hybridized carbons (Fsp3) is 0.350. The van der Waals surface area contributed by atoms with Crippen molar-refractivity contribution in [1.29, 1.82) is 0 Å². The number of hydrogen-bond acceptors (Lipinski definition) is 6. The summed E-state index contributed by atoms with van der Waals surface area (Å²) in [6.07, 6.45) is 4.56. The van der Waals surface area contributed by atoms with Gasteiger partial charge in [-0.1, -0.05) is 59.7 Å². The van der Waals surface area contributed by atoms with Crippen LogP contribution in [0.25, 0.3) is 0 Å². The lowest BCUT2D eigenvalue weighted by atomic mass is 9.80. The first kappa shape index (κ1) is 19.0. The second-order valence-electron chi connectivity index (χ2n) is 7.00. The Morgan fingerprint density at radius 2 is 1.86 bits per heavy atom. The lowest BCUT2D eigenvalue weighted by Crippen LogP contribution is -2.14. The maximum atomic E-state index is 12.2. The highest BCUT2D eigenvalue weighted by atomic mass is 35.5. The van der Waals surface area contributed by atoms with Crippen LogP contribution in [0.15, 0.2) is 42.5 Å². The molecule has 4 rings (SSSR count). The summed E-state index contributed by atoms with van der Waals surface area (Å²) in [7, 11) is 0. The molecule has 0 radical (unpaired) electrons. The smallest absolute Gasteiger partial charge is 0.230 e. The van der Waals surface area contributed by atoms with Gasteiger partial charge >= 0.3 is 0 Å². The Morgan fingerprint density at radius 3 is 2.64 bits per heavy atom. The molecule has 1 amide bonds. The Kier molecular flexibility index (Phi) is 5.92. The lowest BCUT2D eigenvalue weighted by molar-refractivity contribution is -0.115. The first-order chi connectivity index (χ1) is 13.7. The molecule has 1 fully saturated rings. The van der Waals surface area contributed by atoms with Crippen LogP contribution in [0.4, 0.5) is 5.13 Å². The van der Waals surface area contributed by atoms with Crippen LogP contribution in [0, 0.1) is 0 Å². The molecule has 2 heterocycles. The summed E-state index contributed by atoms with van der Waals surface area (Å²) in [6, 6.07) is 13.4. The fourth-order valence-electron chi connectivity index (χ4n) is 3.62. The Labute approximate surface area is 172 Å². The summed E-state index contributed by atoms with van der Waals surface area (Å²) in [5.74, 6) is 0.601. The number of carbonyl (C=O) groups is 1. The number of anilines is 1. The predicted octanol–water partition coefficient (Wildman–Crippen LogP) is 4.60. The van der Waals surface area contributed by atoms with E-state index in [1.165, 1.54) is 11.3 Å². The molecule has 1 N–H and O–H groups in total. The molecule has 0 aliphatic heterocycles. The number of carbonyl (C=O) groups excluding carboxylic acids is 1. The zero-order chi connectivity index (χ0) is 19.3. The van der Waals surface area contributed by atoms with E-state index in [9.17, 15) is 4.79 Å². The van der Waals surface area contributed by atoms with Crippen molar-refractivity contribution in [2.75, 3.05) is 5.32 Å². The van der Waals surface area contributed by atoms with Crippen molar-refractivity contribution in [2.24, 2.45) is 0 Å². The molecule has 2 aromatic heterocycles. The third kappa shape index (κ3) is 4.72. The van der Waals surface area contributed by atoms with E-state index in [1.54, 1.807) is 6.07 Å². The van der Waals surface area contributed by atoms with Crippen LogP contribution < -0.4 is 5.32 Å². The summed E-state index contributed by atoms with van der Waals surface area (Å²) in [5, 5.41) is 21.5. The first-order valence-electron chi connectivity index (χ1n) is 9.33. The second kappa shape index (κ2) is 8.75. The molecule has 0 saturated heterocycles. The monoisotopic (exact) mass is 413 g/mol. The van der Waals surface area contributed by atoms with E-state index in [1.807, 2.05) is 36.4 Å². The second-order valence-corrected chi connectivity index (χ2v) is 8.39. The van der Waals surface area contributed by atoms with E-state index in [0.717, 1.165) is 41.9 Å². The topological polar surface area (TPSA) is 80.7 Å². The minimum absolute atomic E-state index is 0.0770. The van der Waals surface area contributed by atoms with Crippen molar-refractivity contribution < 1.29 is 4.79 Å². The molecule has 1 saturated carbocycles. The number of benzene rings is 1. The predicted molar refractivity (Wildman–Crippen MR) is 110 cm³/mol. The molecular weight excluding hydrogens is 394 g/mol. The maximum absolute atomic E-state index is 12.2. The molecule has 0 unspecified atom stereocenters. The average Bonchev–Trinajstić information content (AvgIpc) is 3.18. The summed E-state index contributed by atoms with van der Waals surface area (Å²) < 4.78 is 0. The Hall–Kier alpha value is -2.38. The number of hydrogen-bond donors (Lipinski definition) is 1. The van der Waals surface area contributed by atoms with Crippen molar-refractivity contribution in [3.8, 4) is 0 Å². The molecule has 6 nitrogen and oxygen atoms in total. The fourth-order valence-corrected chi connectivity index (χ4v) is 4.63. The van der Waals surface area contributed by atoms with Gasteiger partial charge in [0.25, 0.3) is 0 Å². The van der Waals surface area contributed by atoms with E-state index < -0.39 is 0 Å². The molecule has 3 aromatic rings. The van der Waals surface area contributed by atoms with Crippen molar-refractivity contribution in [1.82, 2.24) is 20.4 Å². The van der Waals surface area contributed by atoms with Gasteiger partial charge in [-0.25, -0.2) is 0 Å². The summed E-state index contributed by atoms with van der Waals surface area (Å²) in [4.78, 5) is 12.2. The van der Waals surface area contributed by atoms with Crippen LogP contribution in [-0.4, -0.2) is 26.3 Å². The molecule has 0 bridgehead atoms. The van der Waals surface area contributed by atoms with Crippen molar-refractivity contribution in [3.63, 3.8) is 0 Å². The van der Waals surface area contributed by atoms with E-state index in [4.69, 9.17) is 11.6 Å². The number of aromatic nitrogens is 4. The van der Waals surface area contributed by atoms with Gasteiger partial charge in [-0.05, 0) is 37.0 Å². The number of amides is 1. The molecule has 28 heavy (non-hydrogen) atoms. The van der Waals surface area contributed by atoms with Gasteiger partial charge in [-0.2, -0.15) is 5.10 Å². The minimum atomic E-state index is -0.0770. The average molecular weight is 414 g/mol. The Morgan fingerprint density at radius 1 is 1.04 bits per heavy atom. The van der Waals surface area contributed by atoms with E-state index >= 15 is 0 Å². The largest absolute Gasteiger partial charge is 0.300 e. The molecule has 1 aromatic carbocycles. The number of halogens is 1. The minimum Gasteiger partial charge on any atom is -0.300 e. The number of nitrogens with zero attached hydrogens (tertiary/aromatic N) is 4. The van der Waals surface area contributed by atoms with Gasteiger partial charge in [0.2, 0.25) is 11.0 Å². The van der Waals surface area contributed by atoms with Gasteiger partial charge in [0, 0.05) is 11.8 Å². The van der Waals surface area contributed by atoms with E-state index in [2.05, 4.69) is 25.7 Å². The van der Waals surface area contributed by atoms with Crippen LogP contribution in [0.1, 0.15) is 53.8 Å². The first-order valence-corrected chi connectivity index (χ1v) is 10.5. The van der Waals surface area contributed by atoms with Crippen LogP contribution in [0.3, 0.4) is 0 Å². The maximum Gasteiger partial charge on any atom is 0.230 e. The molecule has 8 heteroatoms. The highest BCUT2D eigenvalue weighted by molar-refractivity contribution is 7.15. The van der Waals surface area contributed by atoms with Crippen molar-refractivity contribution in [2.45, 2.75) is 43.9 Å². The quantitative estimate of drug-likeness (QED) is 0.660. The van der Waals surface area contributed by atoms with Crippen molar-refractivity contribution in [3.05, 3.63) is 63.9 Å². The standard InChI is InChI=1S/C20H20ClN5OS/c21-17-10-9-16(23-24-17)14-7-4-8-15(12-14)19-25-26-20(28-19)22-18(27)11-13-5-2-1-3-6-13/h1-3,5-6,9-10,14-15H,4,7-8,11-12H2,(H,22,26,27)/t14-,15+/m1/s1. The number of rotatable bonds is 5. The molecule has 2 atom stereocenters. The lowest BCUT2D eigenvalue weighted by Gasteiger charge is -2.26. The van der Waals surface area contributed by atoms with Crippen molar-refractivity contribution >= 4 is 34.0 Å². The van der Waals surface area contributed by atoms with Gasteiger partial charge in [-0.15, -0.1) is 15.3 Å². The SMILES string of the molecule is O=C(Cc1ccccc1)Nc1nnc([C@H]2CCC[C@@H](c3ccc(Cl)nn3)C2)s1. The van der Waals surface area contributed by atoms with Crippen LogP contribution in [0.5, 0.6) is 0 Å². The number of nitrogens with one attached hydrogen (secondary N) is 1. The zero-order valence-corrected chi connectivity index (χ0v) is 16.8. The summed E-state index contributed by atoms with van der Waals surface area (Å²) in [6.45, 7) is 0. The molecule has 0 spiro atoms. The normalized spacial score (nSPS) is 19.3. The van der Waals surface area contributed by atoms with Gasteiger partial charge in [0.15, 0.2) is 5.15 Å². The van der Waals surface area contributed by atoms with Gasteiger partial charge in [0.1, 0.15) is 5.01 Å². The molecule has 144 valence electrons. The molecular formula is C20H20ClN5OS.